The highest BCUT2D eigenvalue weighted by Gasteiger charge is 2.25. The zero-order valence-electron chi connectivity index (χ0n) is 20.4. The molecule has 0 unspecified atom stereocenters. The Morgan fingerprint density at radius 2 is 1.95 bits per heavy atom. The lowest BCUT2D eigenvalue weighted by atomic mass is 10.1. The van der Waals surface area contributed by atoms with E-state index in [1.807, 2.05) is 0 Å². The normalized spacial score (nSPS) is 13.1. The molecule has 1 saturated carbocycles. The van der Waals surface area contributed by atoms with E-state index in [0.29, 0.717) is 23.0 Å². The maximum atomic E-state index is 13.6. The standard InChI is InChI=1S/C24H21Cl2F2N9O2/c1-12-7-14(25)8-16(23(38)30-10-13-4-5-13)19(12)31-24(39)18-9-15(11-36-34-21(20(27)28)32-35-36)33-37(18)22-17(26)3-2-6-29-22/h2-3,6-9,13,20H,4-5,10-11H2,1H3,(H,30,38)(H,31,39). The average Bonchev–Trinajstić information content (AvgIpc) is 3.44. The van der Waals surface area contributed by atoms with Gasteiger partial charge in [-0.3, -0.25) is 9.59 Å². The molecule has 3 heterocycles. The first-order valence-electron chi connectivity index (χ1n) is 11.8. The van der Waals surface area contributed by atoms with Gasteiger partial charge >= 0.3 is 6.43 Å². The number of alkyl halides is 2. The number of halogens is 4. The molecule has 39 heavy (non-hydrogen) atoms. The minimum atomic E-state index is -2.89. The zero-order chi connectivity index (χ0) is 27.7. The topological polar surface area (TPSA) is 133 Å². The van der Waals surface area contributed by atoms with Crippen LogP contribution in [-0.2, 0) is 6.54 Å². The quantitative estimate of drug-likeness (QED) is 0.305. The lowest BCUT2D eigenvalue weighted by Gasteiger charge is -2.15. The van der Waals surface area contributed by atoms with Gasteiger partial charge in [-0.1, -0.05) is 23.2 Å². The summed E-state index contributed by atoms with van der Waals surface area (Å²) >= 11 is 12.6. The Kier molecular flexibility index (Phi) is 7.53. The molecule has 1 aliphatic carbocycles. The van der Waals surface area contributed by atoms with Gasteiger partial charge in [0.05, 0.1) is 22.0 Å². The van der Waals surface area contributed by atoms with E-state index in [-0.39, 0.29) is 45.9 Å². The molecule has 2 amide bonds. The fraction of sp³-hybridized carbons (Fsp3) is 0.292. The summed E-state index contributed by atoms with van der Waals surface area (Å²) in [6, 6.07) is 7.73. The molecular formula is C24H21Cl2F2N9O2. The number of hydrogen-bond donors (Lipinski definition) is 2. The highest BCUT2D eigenvalue weighted by molar-refractivity contribution is 6.32. The Hall–Kier alpha value is -3.97. The molecule has 202 valence electrons. The molecular weight excluding hydrogens is 555 g/mol. The molecule has 2 N–H and O–H groups in total. The molecule has 0 aliphatic heterocycles. The molecule has 5 rings (SSSR count). The number of aryl methyl sites for hydroxylation is 1. The Labute approximate surface area is 230 Å². The van der Waals surface area contributed by atoms with Crippen LogP contribution in [0.25, 0.3) is 5.82 Å². The second-order valence-electron chi connectivity index (χ2n) is 8.97. The number of nitrogens with one attached hydrogen (secondary N) is 2. The predicted molar refractivity (Wildman–Crippen MR) is 137 cm³/mol. The summed E-state index contributed by atoms with van der Waals surface area (Å²) < 4.78 is 27.0. The molecule has 0 atom stereocenters. The van der Waals surface area contributed by atoms with Gasteiger partial charge < -0.3 is 10.6 Å². The van der Waals surface area contributed by atoms with Crippen molar-refractivity contribution in [1.82, 2.24) is 40.3 Å². The Morgan fingerprint density at radius 3 is 2.64 bits per heavy atom. The minimum absolute atomic E-state index is 0.0125. The van der Waals surface area contributed by atoms with E-state index in [1.54, 1.807) is 25.1 Å². The van der Waals surface area contributed by atoms with Gasteiger partial charge in [0.1, 0.15) is 12.2 Å². The maximum Gasteiger partial charge on any atom is 0.301 e. The second kappa shape index (κ2) is 11.0. The van der Waals surface area contributed by atoms with Crippen molar-refractivity contribution in [1.29, 1.82) is 0 Å². The van der Waals surface area contributed by atoms with Gasteiger partial charge in [0, 0.05) is 17.8 Å². The first-order valence-corrected chi connectivity index (χ1v) is 12.6. The number of hydrogen-bond acceptors (Lipinski definition) is 7. The van der Waals surface area contributed by atoms with E-state index < -0.39 is 18.2 Å². The van der Waals surface area contributed by atoms with Crippen molar-refractivity contribution in [3.63, 3.8) is 0 Å². The lowest BCUT2D eigenvalue weighted by molar-refractivity contribution is 0.0952. The number of amides is 2. The van der Waals surface area contributed by atoms with Gasteiger partial charge in [0.2, 0.25) is 5.82 Å². The lowest BCUT2D eigenvalue weighted by Crippen LogP contribution is -2.28. The fourth-order valence-corrected chi connectivity index (χ4v) is 4.31. The third-order valence-corrected chi connectivity index (χ3v) is 6.44. The molecule has 15 heteroatoms. The number of benzene rings is 1. The molecule has 0 saturated heterocycles. The molecule has 1 aliphatic rings. The van der Waals surface area contributed by atoms with Crippen LogP contribution in [0.5, 0.6) is 0 Å². The molecule has 4 aromatic rings. The molecule has 3 aromatic heterocycles. The Bertz CT molecular complexity index is 1550. The first-order chi connectivity index (χ1) is 18.7. The summed E-state index contributed by atoms with van der Waals surface area (Å²) in [5, 5.41) is 21.2. The number of carbonyl (C=O) groups excluding carboxylic acids is 2. The maximum absolute atomic E-state index is 13.6. The summed E-state index contributed by atoms with van der Waals surface area (Å²) in [6.07, 6.45) is 0.718. The average molecular weight is 576 g/mol. The van der Waals surface area contributed by atoms with Crippen molar-refractivity contribution in [3.8, 4) is 5.82 Å². The van der Waals surface area contributed by atoms with Crippen LogP contribution in [0.15, 0.2) is 36.5 Å². The number of tetrazole rings is 1. The highest BCUT2D eigenvalue weighted by Crippen LogP contribution is 2.30. The Morgan fingerprint density at radius 1 is 1.15 bits per heavy atom. The summed E-state index contributed by atoms with van der Waals surface area (Å²) in [5.41, 5.74) is 1.32. The summed E-state index contributed by atoms with van der Waals surface area (Å²) in [4.78, 5) is 31.7. The molecule has 1 fully saturated rings. The number of anilines is 1. The number of pyridine rings is 1. The van der Waals surface area contributed by atoms with Crippen LogP contribution >= 0.6 is 23.2 Å². The van der Waals surface area contributed by atoms with E-state index in [1.165, 1.54) is 23.0 Å². The predicted octanol–water partition coefficient (Wildman–Crippen LogP) is 4.25. The van der Waals surface area contributed by atoms with Gasteiger partial charge in [-0.15, -0.1) is 10.2 Å². The van der Waals surface area contributed by atoms with Crippen LogP contribution in [0.3, 0.4) is 0 Å². The van der Waals surface area contributed by atoms with E-state index in [0.717, 1.165) is 17.6 Å². The van der Waals surface area contributed by atoms with Crippen LogP contribution < -0.4 is 10.6 Å². The smallest absolute Gasteiger partial charge is 0.301 e. The van der Waals surface area contributed by atoms with Gasteiger partial charge in [-0.05, 0) is 66.8 Å². The number of rotatable bonds is 9. The molecule has 0 radical (unpaired) electrons. The van der Waals surface area contributed by atoms with Crippen molar-refractivity contribution < 1.29 is 18.4 Å². The van der Waals surface area contributed by atoms with Crippen LogP contribution in [0.2, 0.25) is 10.0 Å². The van der Waals surface area contributed by atoms with E-state index in [4.69, 9.17) is 23.2 Å². The first kappa shape index (κ1) is 26.6. The summed E-state index contributed by atoms with van der Waals surface area (Å²) in [6.45, 7) is 2.09. The molecule has 0 spiro atoms. The molecule has 0 bridgehead atoms. The second-order valence-corrected chi connectivity index (χ2v) is 9.82. The van der Waals surface area contributed by atoms with E-state index in [2.05, 4.69) is 36.1 Å². The van der Waals surface area contributed by atoms with Crippen molar-refractivity contribution in [2.75, 3.05) is 11.9 Å². The van der Waals surface area contributed by atoms with Gasteiger partial charge in [0.15, 0.2) is 5.82 Å². The van der Waals surface area contributed by atoms with Crippen molar-refractivity contribution in [3.05, 3.63) is 74.9 Å². The largest absolute Gasteiger partial charge is 0.352 e. The third kappa shape index (κ3) is 6.04. The highest BCUT2D eigenvalue weighted by atomic mass is 35.5. The minimum Gasteiger partial charge on any atom is -0.352 e. The number of aromatic nitrogens is 7. The van der Waals surface area contributed by atoms with Crippen molar-refractivity contribution in [2.24, 2.45) is 5.92 Å². The van der Waals surface area contributed by atoms with Crippen LogP contribution in [-0.4, -0.2) is 53.3 Å². The van der Waals surface area contributed by atoms with Gasteiger partial charge in [0.25, 0.3) is 11.8 Å². The van der Waals surface area contributed by atoms with Crippen LogP contribution in [0.1, 0.15) is 57.2 Å². The Balaban J connectivity index is 1.49. The van der Waals surface area contributed by atoms with Gasteiger partial charge in [-0.2, -0.15) is 9.90 Å². The molecule has 11 nitrogen and oxygen atoms in total. The van der Waals surface area contributed by atoms with Crippen LogP contribution in [0, 0.1) is 12.8 Å². The van der Waals surface area contributed by atoms with E-state index >= 15 is 0 Å². The number of nitrogens with zero attached hydrogens (tertiary/aromatic N) is 7. The monoisotopic (exact) mass is 575 g/mol. The van der Waals surface area contributed by atoms with Gasteiger partial charge in [-0.25, -0.2) is 18.4 Å². The zero-order valence-corrected chi connectivity index (χ0v) is 21.9. The van der Waals surface area contributed by atoms with Crippen molar-refractivity contribution in [2.45, 2.75) is 32.7 Å². The van der Waals surface area contributed by atoms with Crippen molar-refractivity contribution >= 4 is 40.7 Å². The summed E-state index contributed by atoms with van der Waals surface area (Å²) in [5.74, 6) is -1.11. The van der Waals surface area contributed by atoms with Crippen LogP contribution in [0.4, 0.5) is 14.5 Å². The fourth-order valence-electron chi connectivity index (χ4n) is 3.84. The molecule has 1 aromatic carbocycles. The van der Waals surface area contributed by atoms with E-state index in [9.17, 15) is 18.4 Å². The third-order valence-electron chi connectivity index (χ3n) is 5.93. The number of carbonyl (C=O) groups is 2. The summed E-state index contributed by atoms with van der Waals surface area (Å²) in [7, 11) is 0. The SMILES string of the molecule is Cc1cc(Cl)cc(C(=O)NCC2CC2)c1NC(=O)c1cc(Cn2nnc(C(F)F)n2)nn1-c1ncccc1Cl.